The second kappa shape index (κ2) is 10.7. The number of carbonyl (C=O) groups excluding carboxylic acids is 2. The zero-order valence-corrected chi connectivity index (χ0v) is 18.5. The number of hydrogen-bond acceptors (Lipinski definition) is 2. The van der Waals surface area contributed by atoms with Gasteiger partial charge in [-0.05, 0) is 28.8 Å². The number of benzene rings is 3. The van der Waals surface area contributed by atoms with E-state index in [2.05, 4.69) is 21.2 Å². The molecule has 3 rings (SSSR count). The summed E-state index contributed by atoms with van der Waals surface area (Å²) in [6, 6.07) is 26.7. The van der Waals surface area contributed by atoms with Crippen LogP contribution in [0.4, 0.5) is 0 Å². The van der Waals surface area contributed by atoms with E-state index >= 15 is 0 Å². The quantitative estimate of drug-likeness (QED) is 0.537. The molecule has 0 aliphatic rings. The van der Waals surface area contributed by atoms with Gasteiger partial charge in [0.05, 0.1) is 6.42 Å². The topological polar surface area (TPSA) is 49.4 Å². The van der Waals surface area contributed by atoms with E-state index in [1.54, 1.807) is 11.9 Å². The molecule has 0 bridgehead atoms. The summed E-state index contributed by atoms with van der Waals surface area (Å²) >= 11 is 3.45. The van der Waals surface area contributed by atoms with Crippen molar-refractivity contribution in [3.8, 4) is 0 Å². The summed E-state index contributed by atoms with van der Waals surface area (Å²) in [5.41, 5.74) is 2.92. The van der Waals surface area contributed by atoms with Crippen LogP contribution >= 0.6 is 15.9 Å². The van der Waals surface area contributed by atoms with Crippen LogP contribution in [-0.4, -0.2) is 29.8 Å². The van der Waals surface area contributed by atoms with Gasteiger partial charge in [-0.25, -0.2) is 0 Å². The van der Waals surface area contributed by atoms with Gasteiger partial charge in [-0.1, -0.05) is 88.7 Å². The highest BCUT2D eigenvalue weighted by Crippen LogP contribution is 2.18. The van der Waals surface area contributed by atoms with Crippen LogP contribution in [0.5, 0.6) is 0 Å². The van der Waals surface area contributed by atoms with Gasteiger partial charge in [0, 0.05) is 24.5 Å². The molecule has 0 aliphatic heterocycles. The second-order valence-electron chi connectivity index (χ2n) is 7.13. The first-order valence-electron chi connectivity index (χ1n) is 9.90. The highest BCUT2D eigenvalue weighted by molar-refractivity contribution is 9.10. The number of hydrogen-bond donors (Lipinski definition) is 1. The van der Waals surface area contributed by atoms with Crippen LogP contribution < -0.4 is 5.32 Å². The van der Waals surface area contributed by atoms with E-state index in [9.17, 15) is 9.59 Å². The van der Waals surface area contributed by atoms with E-state index in [0.29, 0.717) is 13.0 Å². The minimum atomic E-state index is -0.600. The summed E-state index contributed by atoms with van der Waals surface area (Å²) in [6.07, 6.45) is 0.706. The number of carbonyl (C=O) groups is 2. The molecule has 30 heavy (non-hydrogen) atoms. The second-order valence-corrected chi connectivity index (χ2v) is 8.05. The van der Waals surface area contributed by atoms with Crippen LogP contribution in [0.1, 0.15) is 16.7 Å². The van der Waals surface area contributed by atoms with E-state index in [4.69, 9.17) is 0 Å². The molecule has 0 fully saturated rings. The number of likely N-dealkylation sites (N-methyl/N-ethyl adjacent to an activating group) is 1. The molecule has 4 nitrogen and oxygen atoms in total. The molecule has 2 amide bonds. The first-order chi connectivity index (χ1) is 14.6. The van der Waals surface area contributed by atoms with Crippen molar-refractivity contribution in [3.63, 3.8) is 0 Å². The average molecular weight is 465 g/mol. The monoisotopic (exact) mass is 464 g/mol. The Balaban J connectivity index is 1.92. The molecule has 0 aliphatic carbocycles. The number of nitrogens with zero attached hydrogens (tertiary/aromatic N) is 1. The lowest BCUT2D eigenvalue weighted by molar-refractivity contribution is -0.140. The van der Waals surface area contributed by atoms with E-state index in [-0.39, 0.29) is 18.2 Å². The third kappa shape index (κ3) is 6.04. The molecule has 1 N–H and O–H groups in total. The molecule has 0 saturated heterocycles. The summed E-state index contributed by atoms with van der Waals surface area (Å²) in [4.78, 5) is 27.9. The lowest BCUT2D eigenvalue weighted by Crippen LogP contribution is -2.50. The lowest BCUT2D eigenvalue weighted by Gasteiger charge is -2.31. The van der Waals surface area contributed by atoms with Gasteiger partial charge in [0.1, 0.15) is 6.04 Å². The number of amides is 2. The fraction of sp³-hybridized carbons (Fsp3) is 0.200. The third-order valence-corrected chi connectivity index (χ3v) is 5.51. The van der Waals surface area contributed by atoms with Gasteiger partial charge in [-0.3, -0.25) is 9.59 Å². The first-order valence-corrected chi connectivity index (χ1v) is 10.7. The molecular formula is C25H25BrN2O2. The molecule has 0 spiro atoms. The van der Waals surface area contributed by atoms with Crippen molar-refractivity contribution in [1.82, 2.24) is 10.2 Å². The maximum Gasteiger partial charge on any atom is 0.242 e. The smallest absolute Gasteiger partial charge is 0.242 e. The minimum Gasteiger partial charge on any atom is -0.357 e. The van der Waals surface area contributed by atoms with Crippen LogP contribution in [0.2, 0.25) is 0 Å². The van der Waals surface area contributed by atoms with Crippen molar-refractivity contribution in [1.29, 1.82) is 0 Å². The molecule has 0 aromatic heterocycles. The molecular weight excluding hydrogens is 440 g/mol. The van der Waals surface area contributed by atoms with Gasteiger partial charge in [-0.2, -0.15) is 0 Å². The lowest BCUT2D eigenvalue weighted by atomic mass is 10.0. The number of rotatable bonds is 8. The molecule has 5 heteroatoms. The Morgan fingerprint density at radius 3 is 1.97 bits per heavy atom. The summed E-state index contributed by atoms with van der Waals surface area (Å²) in [6.45, 7) is 0.365. The molecule has 3 aromatic carbocycles. The molecule has 1 atom stereocenters. The van der Waals surface area contributed by atoms with E-state index in [0.717, 1.165) is 21.2 Å². The van der Waals surface area contributed by atoms with Crippen LogP contribution in [0.15, 0.2) is 89.4 Å². The van der Waals surface area contributed by atoms with E-state index in [1.165, 1.54) is 0 Å². The maximum atomic E-state index is 13.4. The number of halogens is 1. The molecule has 154 valence electrons. The van der Waals surface area contributed by atoms with Crippen molar-refractivity contribution >= 4 is 27.7 Å². The number of nitrogens with one attached hydrogen (secondary N) is 1. The Bertz CT molecular complexity index is 959. The van der Waals surface area contributed by atoms with Crippen LogP contribution in [-0.2, 0) is 29.0 Å². The van der Waals surface area contributed by atoms with Gasteiger partial charge in [-0.15, -0.1) is 0 Å². The Labute approximate surface area is 186 Å². The van der Waals surface area contributed by atoms with Crippen molar-refractivity contribution in [2.75, 3.05) is 7.05 Å². The Kier molecular flexibility index (Phi) is 7.80. The molecule has 0 unspecified atom stereocenters. The van der Waals surface area contributed by atoms with E-state index < -0.39 is 6.04 Å². The van der Waals surface area contributed by atoms with Gasteiger partial charge >= 0.3 is 0 Å². The summed E-state index contributed by atoms with van der Waals surface area (Å²) in [5, 5.41) is 2.74. The highest BCUT2D eigenvalue weighted by Gasteiger charge is 2.29. The van der Waals surface area contributed by atoms with Crippen LogP contribution in [0.3, 0.4) is 0 Å². The minimum absolute atomic E-state index is 0.0753. The highest BCUT2D eigenvalue weighted by atomic mass is 79.9. The zero-order valence-electron chi connectivity index (χ0n) is 16.9. The van der Waals surface area contributed by atoms with Gasteiger partial charge < -0.3 is 10.2 Å². The SMILES string of the molecule is CNC(=O)[C@H](Cc1ccccc1)N(Cc1ccc(Br)cc1)C(=O)Cc1ccccc1. The predicted octanol–water partition coefficient (Wildman–Crippen LogP) is 4.38. The molecule has 0 heterocycles. The Morgan fingerprint density at radius 1 is 0.833 bits per heavy atom. The van der Waals surface area contributed by atoms with Crippen molar-refractivity contribution in [2.24, 2.45) is 0 Å². The largest absolute Gasteiger partial charge is 0.357 e. The fourth-order valence-corrected chi connectivity index (χ4v) is 3.64. The van der Waals surface area contributed by atoms with Crippen molar-refractivity contribution < 1.29 is 9.59 Å². The molecule has 0 radical (unpaired) electrons. The van der Waals surface area contributed by atoms with Crippen molar-refractivity contribution in [2.45, 2.75) is 25.4 Å². The average Bonchev–Trinajstić information content (AvgIpc) is 2.78. The van der Waals surface area contributed by atoms with E-state index in [1.807, 2.05) is 84.9 Å². The summed E-state index contributed by atoms with van der Waals surface area (Å²) in [5.74, 6) is -0.244. The molecule has 0 saturated carbocycles. The predicted molar refractivity (Wildman–Crippen MR) is 123 cm³/mol. The Hall–Kier alpha value is -2.92. The van der Waals surface area contributed by atoms with Gasteiger partial charge in [0.15, 0.2) is 0 Å². The van der Waals surface area contributed by atoms with Crippen LogP contribution in [0.25, 0.3) is 0 Å². The summed E-state index contributed by atoms with van der Waals surface area (Å²) < 4.78 is 0.973. The van der Waals surface area contributed by atoms with Crippen molar-refractivity contribution in [3.05, 3.63) is 106 Å². The van der Waals surface area contributed by atoms with Gasteiger partial charge in [0.2, 0.25) is 11.8 Å². The summed E-state index contributed by atoms with van der Waals surface area (Å²) in [7, 11) is 1.61. The molecule has 3 aromatic rings. The third-order valence-electron chi connectivity index (χ3n) is 4.98. The van der Waals surface area contributed by atoms with Gasteiger partial charge in [0.25, 0.3) is 0 Å². The zero-order chi connectivity index (χ0) is 21.3. The maximum absolute atomic E-state index is 13.4. The fourth-order valence-electron chi connectivity index (χ4n) is 3.38. The van der Waals surface area contributed by atoms with Crippen LogP contribution in [0, 0.1) is 0 Å². The normalized spacial score (nSPS) is 11.5. The standard InChI is InChI=1S/C25H25BrN2O2/c1-27-25(30)23(16-19-8-4-2-5-9-19)28(18-21-12-14-22(26)15-13-21)24(29)17-20-10-6-3-7-11-20/h2-15,23H,16-18H2,1H3,(H,27,30)/t23-/m0/s1. The first kappa shape index (κ1) is 21.8. The Morgan fingerprint density at radius 2 is 1.40 bits per heavy atom.